The summed E-state index contributed by atoms with van der Waals surface area (Å²) in [7, 11) is 2.81. The molecule has 8 bridgehead atoms. The second-order valence-corrected chi connectivity index (χ2v) is 11.3. The van der Waals surface area contributed by atoms with Crippen molar-refractivity contribution in [3.05, 3.63) is 81.9 Å². The van der Waals surface area contributed by atoms with E-state index in [0.717, 1.165) is 84.7 Å². The largest absolute Gasteiger partial charge is 0.469 e. The molecule has 0 atom stereocenters. The maximum Gasteiger partial charge on any atom is 0.305 e. The number of esters is 2. The van der Waals surface area contributed by atoms with E-state index in [0.29, 0.717) is 12.8 Å². The first-order valence-corrected chi connectivity index (χ1v) is 15.0. The molecule has 0 saturated heterocycles. The van der Waals surface area contributed by atoms with Gasteiger partial charge in [0.25, 0.3) is 0 Å². The molecule has 8 heteroatoms. The minimum atomic E-state index is -0.271. The lowest BCUT2D eigenvalue weighted by atomic mass is 10.00. The van der Waals surface area contributed by atoms with Crippen molar-refractivity contribution in [3.8, 4) is 0 Å². The molecule has 8 nitrogen and oxygen atoms in total. The number of hydrogen-bond donors (Lipinski definition) is 2. The highest BCUT2D eigenvalue weighted by Gasteiger charge is 2.21. The maximum absolute atomic E-state index is 12.2. The molecule has 3 aromatic rings. The minimum absolute atomic E-state index is 0.246. The van der Waals surface area contributed by atoms with Crippen LogP contribution in [0.25, 0.3) is 44.4 Å². The Hall–Kier alpha value is -4.72. The van der Waals surface area contributed by atoms with Crippen LogP contribution in [0.3, 0.4) is 0 Å². The lowest BCUT2D eigenvalue weighted by Gasteiger charge is -2.04. The Morgan fingerprint density at radius 1 is 0.727 bits per heavy atom. The molecule has 0 unspecified atom stereocenters. The number of aromatic amines is 2. The highest BCUT2D eigenvalue weighted by atomic mass is 16.5. The van der Waals surface area contributed by atoms with E-state index in [1.54, 1.807) is 0 Å². The van der Waals surface area contributed by atoms with Gasteiger partial charge in [-0.3, -0.25) is 9.59 Å². The number of carbonyl (C=O) groups excluding carboxylic acids is 2. The van der Waals surface area contributed by atoms with Crippen molar-refractivity contribution < 1.29 is 19.1 Å². The number of rotatable bonds is 8. The molecule has 2 aliphatic heterocycles. The van der Waals surface area contributed by atoms with Crippen molar-refractivity contribution in [1.82, 2.24) is 19.9 Å². The second-order valence-electron chi connectivity index (χ2n) is 11.3. The lowest BCUT2D eigenvalue weighted by molar-refractivity contribution is -0.141. The summed E-state index contributed by atoms with van der Waals surface area (Å²) in [5, 5.41) is 0. The Labute approximate surface area is 258 Å². The minimum Gasteiger partial charge on any atom is -0.469 e. The predicted molar refractivity (Wildman–Crippen MR) is 177 cm³/mol. The van der Waals surface area contributed by atoms with E-state index in [1.807, 2.05) is 19.1 Å². The third-order valence-corrected chi connectivity index (χ3v) is 8.89. The molecule has 5 rings (SSSR count). The maximum atomic E-state index is 12.2. The van der Waals surface area contributed by atoms with E-state index in [-0.39, 0.29) is 24.8 Å². The number of allylic oxidation sites excluding steroid dienone is 5. The first-order valence-electron chi connectivity index (χ1n) is 15.0. The van der Waals surface area contributed by atoms with Gasteiger partial charge in [0.2, 0.25) is 0 Å². The van der Waals surface area contributed by atoms with E-state index in [4.69, 9.17) is 19.4 Å². The Morgan fingerprint density at radius 3 is 1.84 bits per heavy atom. The van der Waals surface area contributed by atoms with Crippen molar-refractivity contribution in [1.29, 1.82) is 0 Å². The van der Waals surface area contributed by atoms with Gasteiger partial charge in [-0.15, -0.1) is 0 Å². The molecule has 2 N–H and O–H groups in total. The normalized spacial score (nSPS) is 13.0. The van der Waals surface area contributed by atoms with Crippen LogP contribution in [0.2, 0.25) is 0 Å². The zero-order chi connectivity index (χ0) is 31.7. The van der Waals surface area contributed by atoms with Crippen molar-refractivity contribution >= 4 is 56.3 Å². The molecule has 0 aliphatic carbocycles. The van der Waals surface area contributed by atoms with E-state index in [2.05, 4.69) is 62.4 Å². The highest BCUT2D eigenvalue weighted by Crippen LogP contribution is 2.36. The van der Waals surface area contributed by atoms with Crippen LogP contribution in [0.4, 0.5) is 0 Å². The first-order chi connectivity index (χ1) is 21.1. The number of H-pyrrole nitrogens is 2. The summed E-state index contributed by atoms with van der Waals surface area (Å²) >= 11 is 0. The monoisotopic (exact) mass is 592 g/mol. The predicted octanol–water partition coefficient (Wildman–Crippen LogP) is 7.60. The molecule has 0 saturated carbocycles. The SMILES string of the molecule is C=CC1=C(C)c2cc3[nH]c(cc4nc(cc5[nH]c(cc1n2)c(C)c5CCC(=O)OC)C(CCC(=O)OC)=C4C)c(C)c3CC. The number of carbonyl (C=O) groups is 2. The average Bonchev–Trinajstić information content (AvgIpc) is 3.67. The third-order valence-electron chi connectivity index (χ3n) is 8.89. The van der Waals surface area contributed by atoms with Crippen molar-refractivity contribution in [2.45, 2.75) is 66.7 Å². The van der Waals surface area contributed by atoms with Crippen LogP contribution in [-0.2, 0) is 31.9 Å². The number of methoxy groups -OCH3 is 2. The Bertz CT molecular complexity index is 1920. The molecule has 228 valence electrons. The fourth-order valence-corrected chi connectivity index (χ4v) is 6.19. The Morgan fingerprint density at radius 2 is 1.23 bits per heavy atom. The molecular weight excluding hydrogens is 552 g/mol. The van der Waals surface area contributed by atoms with E-state index in [1.165, 1.54) is 25.3 Å². The number of ether oxygens (including phenoxy) is 2. The van der Waals surface area contributed by atoms with E-state index in [9.17, 15) is 9.59 Å². The van der Waals surface area contributed by atoms with Gasteiger partial charge in [0, 0.05) is 40.5 Å². The van der Waals surface area contributed by atoms with Crippen LogP contribution in [0, 0.1) is 13.8 Å². The zero-order valence-corrected chi connectivity index (χ0v) is 26.7. The van der Waals surface area contributed by atoms with Crippen LogP contribution in [0.1, 0.15) is 85.1 Å². The van der Waals surface area contributed by atoms with Crippen molar-refractivity contribution in [2.75, 3.05) is 14.2 Å². The van der Waals surface area contributed by atoms with Gasteiger partial charge in [-0.1, -0.05) is 19.6 Å². The quantitative estimate of drug-likeness (QED) is 0.261. The highest BCUT2D eigenvalue weighted by molar-refractivity contribution is 5.97. The molecule has 0 spiro atoms. The summed E-state index contributed by atoms with van der Waals surface area (Å²) in [4.78, 5) is 41.7. The number of aryl methyl sites for hydroxylation is 4. The molecule has 44 heavy (non-hydrogen) atoms. The molecule has 0 amide bonds. The summed E-state index contributed by atoms with van der Waals surface area (Å²) < 4.78 is 9.90. The summed E-state index contributed by atoms with van der Waals surface area (Å²) in [5.74, 6) is -0.540. The average molecular weight is 593 g/mol. The van der Waals surface area contributed by atoms with Gasteiger partial charge < -0.3 is 19.4 Å². The van der Waals surface area contributed by atoms with Gasteiger partial charge in [0.1, 0.15) is 0 Å². The Kier molecular flexibility index (Phi) is 8.72. The fourth-order valence-electron chi connectivity index (χ4n) is 6.19. The number of nitrogens with zero attached hydrogens (tertiary/aromatic N) is 2. The first kappa shape index (κ1) is 30.7. The molecule has 2 aliphatic rings. The van der Waals surface area contributed by atoms with Crippen LogP contribution in [0.5, 0.6) is 0 Å². The van der Waals surface area contributed by atoms with Gasteiger partial charge in [-0.05, 0) is 110 Å². The van der Waals surface area contributed by atoms with Crippen LogP contribution >= 0.6 is 0 Å². The standard InChI is InChI=1S/C36H40N4O4/c1-9-23-19(3)27-15-28-21(5)25(11-13-35(41)43-7)33(39-28)18-34-26(12-14-36(42)44-8)22(6)30(40-34)17-32-24(10-2)20(4)29(38-32)16-31(23)37-27/h10,15-18,37,40H,2,9,11-14H2,1,3-8H3. The van der Waals surface area contributed by atoms with Crippen LogP contribution in [-0.4, -0.2) is 46.1 Å². The summed E-state index contributed by atoms with van der Waals surface area (Å²) in [6.07, 6.45) is 4.20. The summed E-state index contributed by atoms with van der Waals surface area (Å²) in [5.41, 5.74) is 15.6. The molecular formula is C36H40N4O4. The topological polar surface area (TPSA) is 110 Å². The number of aromatic nitrogens is 4. The van der Waals surface area contributed by atoms with Gasteiger partial charge in [0.05, 0.1) is 37.0 Å². The Balaban J connectivity index is 1.90. The van der Waals surface area contributed by atoms with Crippen molar-refractivity contribution in [2.24, 2.45) is 0 Å². The van der Waals surface area contributed by atoms with Crippen molar-refractivity contribution in [3.63, 3.8) is 0 Å². The molecule has 0 aromatic carbocycles. The zero-order valence-electron chi connectivity index (χ0n) is 26.7. The number of nitrogens with one attached hydrogen (secondary N) is 2. The molecule has 5 heterocycles. The lowest BCUT2D eigenvalue weighted by Crippen LogP contribution is -2.02. The summed E-state index contributed by atoms with van der Waals surface area (Å²) in [6.45, 7) is 14.6. The smallest absolute Gasteiger partial charge is 0.305 e. The second kappa shape index (κ2) is 12.5. The van der Waals surface area contributed by atoms with Gasteiger partial charge in [-0.2, -0.15) is 0 Å². The fraction of sp³-hybridized carbons (Fsp3) is 0.333. The summed E-state index contributed by atoms with van der Waals surface area (Å²) in [6, 6.07) is 8.29. The molecule has 3 aromatic heterocycles. The number of hydrogen-bond acceptors (Lipinski definition) is 6. The third kappa shape index (κ3) is 5.64. The van der Waals surface area contributed by atoms with E-state index < -0.39 is 0 Å². The van der Waals surface area contributed by atoms with Gasteiger partial charge in [-0.25, -0.2) is 9.97 Å². The van der Waals surface area contributed by atoms with Crippen LogP contribution < -0.4 is 0 Å². The van der Waals surface area contributed by atoms with E-state index >= 15 is 0 Å². The van der Waals surface area contributed by atoms with Gasteiger partial charge >= 0.3 is 11.9 Å². The van der Waals surface area contributed by atoms with Crippen LogP contribution in [0.15, 0.2) is 36.9 Å². The van der Waals surface area contributed by atoms with Gasteiger partial charge in [0.15, 0.2) is 0 Å². The number of fused-ring (bicyclic) bond motifs is 8. The molecule has 0 radical (unpaired) electrons. The molecule has 0 fully saturated rings.